The molecule has 1 rings (SSSR count). The van der Waals surface area contributed by atoms with Gasteiger partial charge in [-0.1, -0.05) is 6.58 Å². The van der Waals surface area contributed by atoms with E-state index in [0.29, 0.717) is 0 Å². The highest BCUT2D eigenvalue weighted by molar-refractivity contribution is 5.93. The summed E-state index contributed by atoms with van der Waals surface area (Å²) >= 11 is 0. The van der Waals surface area contributed by atoms with Gasteiger partial charge in [0, 0.05) is 12.0 Å². The van der Waals surface area contributed by atoms with Crippen LogP contribution in [0.5, 0.6) is 0 Å². The molecule has 0 aromatic carbocycles. The molecule has 0 radical (unpaired) electrons. The molecule has 1 aliphatic rings. The van der Waals surface area contributed by atoms with Crippen molar-refractivity contribution in [1.29, 1.82) is 0 Å². The van der Waals surface area contributed by atoms with Crippen molar-refractivity contribution in [1.82, 2.24) is 5.32 Å². The summed E-state index contributed by atoms with van der Waals surface area (Å²) < 4.78 is 5.09. The molecule has 1 heterocycles. The van der Waals surface area contributed by atoms with Crippen LogP contribution in [0.15, 0.2) is 12.2 Å². The van der Waals surface area contributed by atoms with Crippen molar-refractivity contribution in [3.63, 3.8) is 0 Å². The number of ether oxygens (including phenoxy) is 1. The van der Waals surface area contributed by atoms with Crippen molar-refractivity contribution in [2.45, 2.75) is 31.9 Å². The number of ketones is 1. The number of hydrogen-bond donors (Lipinski definition) is 2. The second-order valence-electron chi connectivity index (χ2n) is 4.00. The molecule has 1 fully saturated rings. The van der Waals surface area contributed by atoms with E-state index in [1.54, 1.807) is 6.92 Å². The molecule has 6 nitrogen and oxygen atoms in total. The lowest BCUT2D eigenvalue weighted by atomic mass is 10.1. The van der Waals surface area contributed by atoms with Gasteiger partial charge in [-0.2, -0.15) is 0 Å². The molecule has 1 saturated heterocycles. The largest absolute Gasteiger partial charge is 0.368 e. The van der Waals surface area contributed by atoms with Gasteiger partial charge in [-0.25, -0.2) is 0 Å². The number of hydrogen-bond acceptors (Lipinski definition) is 4. The average Bonchev–Trinajstić information content (AvgIpc) is 2.57. The molecular weight excluding hydrogens is 224 g/mol. The summed E-state index contributed by atoms with van der Waals surface area (Å²) in [6.45, 7) is 5.19. The molecule has 2 amide bonds. The average molecular weight is 240 g/mol. The Balaban J connectivity index is 2.37. The minimum atomic E-state index is -0.619. The van der Waals surface area contributed by atoms with Crippen LogP contribution in [0, 0.1) is 0 Å². The highest BCUT2D eigenvalue weighted by Gasteiger charge is 2.33. The van der Waals surface area contributed by atoms with Gasteiger partial charge in [0.05, 0.1) is 6.10 Å². The Morgan fingerprint density at radius 1 is 1.53 bits per heavy atom. The van der Waals surface area contributed by atoms with E-state index in [2.05, 4.69) is 11.9 Å². The molecule has 0 saturated carbocycles. The lowest BCUT2D eigenvalue weighted by molar-refractivity contribution is -0.126. The minimum absolute atomic E-state index is 0.0279. The highest BCUT2D eigenvalue weighted by Crippen LogP contribution is 2.10. The van der Waals surface area contributed by atoms with Gasteiger partial charge in [-0.15, -0.1) is 0 Å². The Morgan fingerprint density at radius 3 is 2.65 bits per heavy atom. The van der Waals surface area contributed by atoms with Crippen LogP contribution in [-0.4, -0.2) is 36.4 Å². The Hall–Kier alpha value is -1.69. The molecule has 2 atom stereocenters. The molecule has 1 aliphatic heterocycles. The van der Waals surface area contributed by atoms with Gasteiger partial charge in [0.1, 0.15) is 12.6 Å². The quantitative estimate of drug-likeness (QED) is 0.619. The maximum Gasteiger partial charge on any atom is 0.244 e. The van der Waals surface area contributed by atoms with E-state index in [-0.39, 0.29) is 42.8 Å². The summed E-state index contributed by atoms with van der Waals surface area (Å²) in [6.07, 6.45) is -0.0407. The third kappa shape index (κ3) is 3.67. The molecule has 3 N–H and O–H groups in total. The van der Waals surface area contributed by atoms with Crippen LogP contribution in [0.25, 0.3) is 0 Å². The van der Waals surface area contributed by atoms with Crippen molar-refractivity contribution in [3.05, 3.63) is 12.2 Å². The van der Waals surface area contributed by atoms with E-state index >= 15 is 0 Å². The van der Waals surface area contributed by atoms with E-state index in [9.17, 15) is 14.4 Å². The fraction of sp³-hybridized carbons (Fsp3) is 0.545. The predicted octanol–water partition coefficient (Wildman–Crippen LogP) is -0.719. The zero-order valence-electron chi connectivity index (χ0n) is 9.69. The topological polar surface area (TPSA) is 98.5 Å². The van der Waals surface area contributed by atoms with Crippen LogP contribution >= 0.6 is 0 Å². The Morgan fingerprint density at radius 2 is 2.18 bits per heavy atom. The molecule has 0 bridgehead atoms. The molecule has 94 valence electrons. The summed E-state index contributed by atoms with van der Waals surface area (Å²) in [5, 5.41) is 2.57. The normalized spacial score (nSPS) is 23.5. The lowest BCUT2D eigenvalue weighted by Crippen LogP contribution is -2.43. The smallest absolute Gasteiger partial charge is 0.244 e. The molecule has 0 aromatic heterocycles. The van der Waals surface area contributed by atoms with E-state index < -0.39 is 11.9 Å². The van der Waals surface area contributed by atoms with Crippen LogP contribution in [0.3, 0.4) is 0 Å². The van der Waals surface area contributed by atoms with E-state index in [0.717, 1.165) is 0 Å². The summed E-state index contributed by atoms with van der Waals surface area (Å²) in [5.41, 5.74) is 5.18. The predicted molar refractivity (Wildman–Crippen MR) is 59.9 cm³/mol. The molecule has 0 aliphatic carbocycles. The van der Waals surface area contributed by atoms with Gasteiger partial charge in [0.15, 0.2) is 5.78 Å². The van der Waals surface area contributed by atoms with Crippen molar-refractivity contribution >= 4 is 17.6 Å². The maximum absolute atomic E-state index is 11.5. The number of amides is 2. The highest BCUT2D eigenvalue weighted by atomic mass is 16.5. The third-order valence-corrected chi connectivity index (χ3v) is 2.62. The van der Waals surface area contributed by atoms with Crippen LogP contribution < -0.4 is 11.1 Å². The first-order valence-electron chi connectivity index (χ1n) is 5.33. The summed E-state index contributed by atoms with van der Waals surface area (Å²) in [7, 11) is 0. The first-order chi connectivity index (χ1) is 7.91. The fourth-order valence-electron chi connectivity index (χ4n) is 1.49. The Kier molecular flexibility index (Phi) is 4.39. The number of primary amides is 1. The number of nitrogens with one attached hydrogen (secondary N) is 1. The van der Waals surface area contributed by atoms with Crippen LogP contribution in [0.1, 0.15) is 19.8 Å². The second kappa shape index (κ2) is 5.58. The lowest BCUT2D eigenvalue weighted by Gasteiger charge is -2.14. The van der Waals surface area contributed by atoms with Gasteiger partial charge in [-0.05, 0) is 13.3 Å². The van der Waals surface area contributed by atoms with Crippen molar-refractivity contribution < 1.29 is 19.1 Å². The van der Waals surface area contributed by atoms with E-state index in [1.807, 2.05) is 0 Å². The summed E-state index contributed by atoms with van der Waals surface area (Å²) in [5.74, 6) is -1.07. The second-order valence-corrected chi connectivity index (χ2v) is 4.00. The van der Waals surface area contributed by atoms with Gasteiger partial charge in [0.25, 0.3) is 0 Å². The van der Waals surface area contributed by atoms with Crippen molar-refractivity contribution in [2.75, 3.05) is 6.61 Å². The summed E-state index contributed by atoms with van der Waals surface area (Å²) in [4.78, 5) is 33.5. The molecule has 0 aromatic rings. The number of carbonyl (C=O) groups excluding carboxylic acids is 3. The van der Waals surface area contributed by atoms with Gasteiger partial charge < -0.3 is 15.8 Å². The van der Waals surface area contributed by atoms with Crippen LogP contribution in [0.4, 0.5) is 0 Å². The standard InChI is InChI=1S/C11H16N2O4/c1-6(11(12)16)3-4-9(15)13-10-7(2)17-5-8(10)14/h7,10H,1,3-5H2,2H3,(H2,12,16)(H,13,15)/t7-,10?/m1/s1. The van der Waals surface area contributed by atoms with Gasteiger partial charge in [-0.3, -0.25) is 14.4 Å². The van der Waals surface area contributed by atoms with Crippen LogP contribution in [-0.2, 0) is 19.1 Å². The summed E-state index contributed by atoms with van der Waals surface area (Å²) in [6, 6.07) is -0.593. The van der Waals surface area contributed by atoms with Gasteiger partial charge in [0.2, 0.25) is 11.8 Å². The van der Waals surface area contributed by atoms with Gasteiger partial charge >= 0.3 is 0 Å². The molecule has 6 heteroatoms. The Bertz CT molecular complexity index is 364. The van der Waals surface area contributed by atoms with Crippen LogP contribution in [0.2, 0.25) is 0 Å². The minimum Gasteiger partial charge on any atom is -0.368 e. The first-order valence-corrected chi connectivity index (χ1v) is 5.33. The van der Waals surface area contributed by atoms with E-state index in [4.69, 9.17) is 10.5 Å². The molecule has 0 spiro atoms. The molecule has 1 unspecified atom stereocenters. The zero-order chi connectivity index (χ0) is 13.0. The zero-order valence-corrected chi connectivity index (χ0v) is 9.69. The first kappa shape index (κ1) is 13.4. The SMILES string of the molecule is C=C(CCC(=O)NC1C(=O)CO[C@@H]1C)C(N)=O. The monoisotopic (exact) mass is 240 g/mol. The third-order valence-electron chi connectivity index (χ3n) is 2.62. The fourth-order valence-corrected chi connectivity index (χ4v) is 1.49. The number of carbonyl (C=O) groups is 3. The Labute approximate surface area is 99.2 Å². The molecular formula is C11H16N2O4. The van der Waals surface area contributed by atoms with E-state index in [1.165, 1.54) is 0 Å². The number of nitrogens with two attached hydrogens (primary N) is 1. The molecule has 17 heavy (non-hydrogen) atoms. The van der Waals surface area contributed by atoms with Crippen molar-refractivity contribution in [2.24, 2.45) is 5.73 Å². The number of Topliss-reactive ketones (excluding diaryl/α,β-unsaturated/α-hetero) is 1. The number of rotatable bonds is 5. The maximum atomic E-state index is 11.5. The van der Waals surface area contributed by atoms with Crippen molar-refractivity contribution in [3.8, 4) is 0 Å².